The van der Waals surface area contributed by atoms with Crippen LogP contribution >= 0.6 is 0 Å². The summed E-state index contributed by atoms with van der Waals surface area (Å²) in [5, 5.41) is 0. The van der Waals surface area contributed by atoms with E-state index >= 15 is 0 Å². The number of rotatable bonds is 5. The predicted octanol–water partition coefficient (Wildman–Crippen LogP) is 6.63. The lowest BCUT2D eigenvalue weighted by Crippen LogP contribution is -2.26. The number of para-hydroxylation sites is 2. The first-order valence-corrected chi connectivity index (χ1v) is 11.9. The largest absolute Gasteiger partial charge is 0.347 e. The van der Waals surface area contributed by atoms with Crippen molar-refractivity contribution in [3.05, 3.63) is 107 Å². The summed E-state index contributed by atoms with van der Waals surface area (Å²) < 4.78 is 2.24. The fourth-order valence-corrected chi connectivity index (χ4v) is 5.38. The third-order valence-electron chi connectivity index (χ3n) is 7.35. The van der Waals surface area contributed by atoms with Crippen LogP contribution in [-0.2, 0) is 15.6 Å². The molecule has 4 rings (SSSR count). The van der Waals surface area contributed by atoms with Crippen LogP contribution in [0.4, 0.5) is 11.4 Å². The highest BCUT2D eigenvalue weighted by molar-refractivity contribution is 6.03. The van der Waals surface area contributed by atoms with Gasteiger partial charge in [-0.3, -0.25) is 4.79 Å². The standard InChI is InChI=1S/C31H35N2O/c1-22(34)23(14-12-20-28-30(2,3)24-16-8-10-18-26(24)32(28)6)15-13-21-29-31(4,5)25-17-9-11-19-27(25)33(29)7/h8-21H,1-7H3/q+1. The zero-order valence-electron chi connectivity index (χ0n) is 21.4. The summed E-state index contributed by atoms with van der Waals surface area (Å²) in [6.07, 6.45) is 12.1. The Hall–Kier alpha value is -3.46. The van der Waals surface area contributed by atoms with Crippen LogP contribution < -0.4 is 4.90 Å². The number of ketones is 1. The van der Waals surface area contributed by atoms with E-state index in [1.54, 1.807) is 6.92 Å². The number of benzene rings is 2. The Morgan fingerprint density at radius 1 is 0.912 bits per heavy atom. The van der Waals surface area contributed by atoms with Crippen molar-refractivity contribution in [3.8, 4) is 0 Å². The van der Waals surface area contributed by atoms with Gasteiger partial charge in [-0.25, -0.2) is 0 Å². The minimum Gasteiger partial charge on any atom is -0.347 e. The number of carbonyl (C=O) groups excluding carboxylic acids is 1. The van der Waals surface area contributed by atoms with Gasteiger partial charge in [0.15, 0.2) is 11.5 Å². The van der Waals surface area contributed by atoms with Crippen LogP contribution in [0.1, 0.15) is 45.7 Å². The van der Waals surface area contributed by atoms with Crippen LogP contribution in [-0.4, -0.2) is 30.2 Å². The van der Waals surface area contributed by atoms with Crippen LogP contribution in [0.3, 0.4) is 0 Å². The molecule has 0 fully saturated rings. The number of allylic oxidation sites excluding steroid dienone is 8. The molecule has 0 aromatic heterocycles. The second-order valence-electron chi connectivity index (χ2n) is 10.2. The molecule has 0 saturated carbocycles. The minimum absolute atomic E-state index is 0.0499. The van der Waals surface area contributed by atoms with Crippen LogP contribution in [0.5, 0.6) is 0 Å². The third kappa shape index (κ3) is 3.90. The van der Waals surface area contributed by atoms with E-state index in [1.807, 2.05) is 24.3 Å². The molecule has 0 spiro atoms. The van der Waals surface area contributed by atoms with Gasteiger partial charge in [-0.2, -0.15) is 4.58 Å². The summed E-state index contributed by atoms with van der Waals surface area (Å²) in [5.74, 6) is 0.0499. The molecule has 3 heteroatoms. The van der Waals surface area contributed by atoms with Gasteiger partial charge < -0.3 is 4.90 Å². The van der Waals surface area contributed by atoms with Gasteiger partial charge in [0.2, 0.25) is 5.69 Å². The SMILES string of the molecule is CC(=O)C(=C\C=C\C1=[N+](C)c2ccccc2C1(C)C)/C=C/C=C1/N(C)c2ccccc2C1(C)C. The van der Waals surface area contributed by atoms with Crippen molar-refractivity contribution in [1.82, 2.24) is 0 Å². The Bertz CT molecular complexity index is 1300. The number of anilines is 1. The minimum atomic E-state index is -0.0834. The molecule has 3 nitrogen and oxygen atoms in total. The first kappa shape index (κ1) is 23.7. The van der Waals surface area contributed by atoms with Gasteiger partial charge in [0, 0.05) is 47.1 Å². The molecule has 0 unspecified atom stereocenters. The molecule has 0 N–H and O–H groups in total. The number of Topliss-reactive ketones (excluding diaryl/α,β-unsaturated/α-hetero) is 1. The van der Waals surface area contributed by atoms with E-state index in [9.17, 15) is 4.79 Å². The van der Waals surface area contributed by atoms with E-state index in [4.69, 9.17) is 0 Å². The average molecular weight is 452 g/mol. The summed E-state index contributed by atoms with van der Waals surface area (Å²) >= 11 is 0. The molecule has 174 valence electrons. The van der Waals surface area contributed by atoms with Crippen molar-refractivity contribution < 1.29 is 9.37 Å². The lowest BCUT2D eigenvalue weighted by molar-refractivity contribution is -0.401. The van der Waals surface area contributed by atoms with Crippen molar-refractivity contribution in [2.24, 2.45) is 0 Å². The monoisotopic (exact) mass is 451 g/mol. The number of hydrogen-bond donors (Lipinski definition) is 0. The quantitative estimate of drug-likeness (QED) is 0.289. The number of likely N-dealkylation sites (N-methyl/N-ethyl adjacent to an activating group) is 1. The zero-order valence-corrected chi connectivity index (χ0v) is 21.4. The van der Waals surface area contributed by atoms with Gasteiger partial charge in [0.25, 0.3) is 0 Å². The lowest BCUT2D eigenvalue weighted by Gasteiger charge is -2.23. The van der Waals surface area contributed by atoms with Gasteiger partial charge in [0.1, 0.15) is 7.05 Å². The van der Waals surface area contributed by atoms with Crippen molar-refractivity contribution in [2.45, 2.75) is 45.4 Å². The summed E-state index contributed by atoms with van der Waals surface area (Å²) in [7, 11) is 4.21. The summed E-state index contributed by atoms with van der Waals surface area (Å²) in [5.41, 5.74) is 8.06. The Morgan fingerprint density at radius 3 is 2.21 bits per heavy atom. The summed E-state index contributed by atoms with van der Waals surface area (Å²) in [6, 6.07) is 17.0. The zero-order chi connectivity index (χ0) is 24.7. The average Bonchev–Trinajstić information content (AvgIpc) is 3.12. The van der Waals surface area contributed by atoms with Crippen LogP contribution in [0, 0.1) is 0 Å². The second-order valence-corrected chi connectivity index (χ2v) is 10.2. The highest BCUT2D eigenvalue weighted by Gasteiger charge is 2.42. The van der Waals surface area contributed by atoms with Crippen molar-refractivity contribution >= 4 is 22.9 Å². The number of carbonyl (C=O) groups is 1. The molecule has 2 aromatic rings. The molecule has 0 radical (unpaired) electrons. The molecule has 2 aliphatic rings. The highest BCUT2D eigenvalue weighted by Crippen LogP contribution is 2.46. The van der Waals surface area contributed by atoms with Gasteiger partial charge in [-0.05, 0) is 38.5 Å². The van der Waals surface area contributed by atoms with E-state index < -0.39 is 0 Å². The molecule has 0 atom stereocenters. The molecular weight excluding hydrogens is 416 g/mol. The molecule has 0 bridgehead atoms. The van der Waals surface area contributed by atoms with Crippen molar-refractivity contribution in [2.75, 3.05) is 19.0 Å². The predicted molar refractivity (Wildman–Crippen MR) is 143 cm³/mol. The summed E-state index contributed by atoms with van der Waals surface area (Å²) in [4.78, 5) is 14.6. The van der Waals surface area contributed by atoms with Crippen LogP contribution in [0.25, 0.3) is 0 Å². The molecule has 0 aliphatic carbocycles. The second kappa shape index (κ2) is 8.72. The lowest BCUT2D eigenvalue weighted by atomic mass is 9.81. The van der Waals surface area contributed by atoms with Gasteiger partial charge >= 0.3 is 0 Å². The Morgan fingerprint density at radius 2 is 1.56 bits per heavy atom. The maximum Gasteiger partial charge on any atom is 0.209 e. The topological polar surface area (TPSA) is 23.3 Å². The molecule has 34 heavy (non-hydrogen) atoms. The Balaban J connectivity index is 1.59. The van der Waals surface area contributed by atoms with Gasteiger partial charge in [0.05, 0.1) is 5.41 Å². The van der Waals surface area contributed by atoms with Crippen molar-refractivity contribution in [3.63, 3.8) is 0 Å². The molecule has 0 saturated heterocycles. The molecule has 2 aromatic carbocycles. The molecular formula is C31H35N2O+. The van der Waals surface area contributed by atoms with Gasteiger partial charge in [-0.1, -0.05) is 74.5 Å². The van der Waals surface area contributed by atoms with E-state index in [0.717, 1.165) is 0 Å². The summed E-state index contributed by atoms with van der Waals surface area (Å²) in [6.45, 7) is 10.6. The van der Waals surface area contributed by atoms with E-state index in [-0.39, 0.29) is 16.6 Å². The maximum atomic E-state index is 12.3. The van der Waals surface area contributed by atoms with Crippen LogP contribution in [0.15, 0.2) is 96.3 Å². The Kier molecular flexibility index (Phi) is 6.07. The van der Waals surface area contributed by atoms with Crippen LogP contribution in [0.2, 0.25) is 0 Å². The maximum absolute atomic E-state index is 12.3. The fraction of sp³-hybridized carbons (Fsp3) is 0.290. The molecule has 0 amide bonds. The van der Waals surface area contributed by atoms with E-state index in [0.29, 0.717) is 5.57 Å². The molecule has 2 aliphatic heterocycles. The smallest absolute Gasteiger partial charge is 0.209 e. The third-order valence-corrected chi connectivity index (χ3v) is 7.35. The van der Waals surface area contributed by atoms with Crippen molar-refractivity contribution in [1.29, 1.82) is 0 Å². The first-order valence-electron chi connectivity index (χ1n) is 11.9. The Labute approximate surface area is 204 Å². The van der Waals surface area contributed by atoms with E-state index in [2.05, 4.69) is 112 Å². The normalized spacial score (nSPS) is 20.0. The van der Waals surface area contributed by atoms with E-state index in [1.165, 1.54) is 33.9 Å². The fourth-order valence-electron chi connectivity index (χ4n) is 5.38. The highest BCUT2D eigenvalue weighted by atomic mass is 16.1. The van der Waals surface area contributed by atoms with Gasteiger partial charge in [-0.15, -0.1) is 0 Å². The number of fused-ring (bicyclic) bond motifs is 2. The number of hydrogen-bond acceptors (Lipinski definition) is 2. The molecule has 2 heterocycles. The first-order chi connectivity index (χ1) is 16.1. The number of nitrogens with zero attached hydrogens (tertiary/aromatic N) is 2.